The summed E-state index contributed by atoms with van der Waals surface area (Å²) in [6.07, 6.45) is 1.57. The number of hydrogen-bond donors (Lipinski definition) is 2. The molecule has 0 saturated carbocycles. The van der Waals surface area contributed by atoms with Crippen LogP contribution < -0.4 is 15.4 Å². The number of halogens is 1. The minimum absolute atomic E-state index is 0.473. The van der Waals surface area contributed by atoms with Crippen molar-refractivity contribution in [3.63, 3.8) is 0 Å². The maximum Gasteiger partial charge on any atom is 0.224 e. The number of nitrogens with zero attached hydrogens (tertiary/aromatic N) is 2. The van der Waals surface area contributed by atoms with Crippen molar-refractivity contribution in [2.75, 3.05) is 23.8 Å². The van der Waals surface area contributed by atoms with Gasteiger partial charge in [0.05, 0.1) is 12.8 Å². The van der Waals surface area contributed by atoms with E-state index in [1.54, 1.807) is 6.20 Å². The van der Waals surface area contributed by atoms with Crippen LogP contribution in [0.2, 0.25) is 5.02 Å². The van der Waals surface area contributed by atoms with E-state index in [9.17, 15) is 0 Å². The van der Waals surface area contributed by atoms with E-state index in [0.717, 1.165) is 18.0 Å². The predicted molar refractivity (Wildman–Crippen MR) is 82.1 cm³/mol. The van der Waals surface area contributed by atoms with Gasteiger partial charge >= 0.3 is 0 Å². The van der Waals surface area contributed by atoms with Crippen LogP contribution in [0.5, 0.6) is 5.75 Å². The highest BCUT2D eigenvalue weighted by Gasteiger charge is 2.05. The predicted octanol–water partition coefficient (Wildman–Crippen LogP) is 3.70. The Morgan fingerprint density at radius 3 is 2.60 bits per heavy atom. The molecule has 0 fully saturated rings. The lowest BCUT2D eigenvalue weighted by molar-refractivity contribution is 0.340. The molecule has 2 rings (SSSR count). The summed E-state index contributed by atoms with van der Waals surface area (Å²) in [5.74, 6) is 1.95. The van der Waals surface area contributed by atoms with Crippen LogP contribution in [0.15, 0.2) is 30.5 Å². The van der Waals surface area contributed by atoms with Gasteiger partial charge in [0.2, 0.25) is 5.95 Å². The van der Waals surface area contributed by atoms with Crippen molar-refractivity contribution in [1.29, 1.82) is 0 Å². The third-order valence-electron chi connectivity index (χ3n) is 2.51. The molecule has 0 radical (unpaired) electrons. The fraction of sp³-hybridized carbons (Fsp3) is 0.286. The molecule has 0 aliphatic rings. The van der Waals surface area contributed by atoms with Gasteiger partial charge in [-0.15, -0.1) is 0 Å². The molecule has 0 aliphatic carbocycles. The second-order valence-electron chi connectivity index (χ2n) is 4.00. The molecule has 0 amide bonds. The summed E-state index contributed by atoms with van der Waals surface area (Å²) < 4.78 is 5.40. The van der Waals surface area contributed by atoms with Crippen LogP contribution in [0.4, 0.5) is 17.5 Å². The van der Waals surface area contributed by atoms with Crippen LogP contribution in [0.3, 0.4) is 0 Å². The van der Waals surface area contributed by atoms with Crippen LogP contribution in [0.25, 0.3) is 0 Å². The largest absolute Gasteiger partial charge is 0.494 e. The van der Waals surface area contributed by atoms with Gasteiger partial charge in [0, 0.05) is 12.2 Å². The third kappa shape index (κ3) is 3.74. The van der Waals surface area contributed by atoms with E-state index < -0.39 is 0 Å². The minimum Gasteiger partial charge on any atom is -0.494 e. The number of anilines is 3. The summed E-state index contributed by atoms with van der Waals surface area (Å²) in [5, 5.41) is 6.68. The molecule has 0 unspecified atom stereocenters. The zero-order valence-corrected chi connectivity index (χ0v) is 12.2. The summed E-state index contributed by atoms with van der Waals surface area (Å²) in [6, 6.07) is 7.62. The smallest absolute Gasteiger partial charge is 0.224 e. The molecule has 0 saturated heterocycles. The van der Waals surface area contributed by atoms with Gasteiger partial charge in [-0.3, -0.25) is 0 Å². The quantitative estimate of drug-likeness (QED) is 0.850. The van der Waals surface area contributed by atoms with Gasteiger partial charge in [0.25, 0.3) is 0 Å². The van der Waals surface area contributed by atoms with Crippen LogP contribution in [-0.2, 0) is 0 Å². The molecule has 0 spiro atoms. The Bertz CT molecular complexity index is 560. The number of ether oxygens (including phenoxy) is 1. The molecule has 5 nitrogen and oxygen atoms in total. The molecule has 2 aromatic rings. The summed E-state index contributed by atoms with van der Waals surface area (Å²) in [7, 11) is 0. The van der Waals surface area contributed by atoms with Gasteiger partial charge < -0.3 is 15.4 Å². The van der Waals surface area contributed by atoms with Crippen LogP contribution >= 0.6 is 11.6 Å². The molecule has 1 heterocycles. The summed E-state index contributed by atoms with van der Waals surface area (Å²) in [6.45, 7) is 5.34. The Hall–Kier alpha value is -2.01. The Balaban J connectivity index is 2.14. The Morgan fingerprint density at radius 2 is 1.95 bits per heavy atom. The van der Waals surface area contributed by atoms with Gasteiger partial charge in [0.1, 0.15) is 10.8 Å². The lowest BCUT2D eigenvalue weighted by Gasteiger charge is -2.10. The van der Waals surface area contributed by atoms with E-state index in [0.29, 0.717) is 23.4 Å². The molecule has 0 bridgehead atoms. The first-order valence-electron chi connectivity index (χ1n) is 6.49. The van der Waals surface area contributed by atoms with E-state index in [1.807, 2.05) is 38.1 Å². The fourth-order valence-corrected chi connectivity index (χ4v) is 1.77. The Morgan fingerprint density at radius 1 is 1.20 bits per heavy atom. The number of nitrogens with one attached hydrogen (secondary N) is 2. The molecule has 1 aromatic carbocycles. The first kappa shape index (κ1) is 14.4. The monoisotopic (exact) mass is 292 g/mol. The van der Waals surface area contributed by atoms with Crippen LogP contribution in [0.1, 0.15) is 13.8 Å². The van der Waals surface area contributed by atoms with Gasteiger partial charge in [-0.05, 0) is 38.1 Å². The molecule has 2 N–H and O–H groups in total. The lowest BCUT2D eigenvalue weighted by Crippen LogP contribution is -2.04. The number of rotatable bonds is 6. The maximum absolute atomic E-state index is 6.09. The van der Waals surface area contributed by atoms with E-state index in [2.05, 4.69) is 20.6 Å². The van der Waals surface area contributed by atoms with Gasteiger partial charge in [-0.25, -0.2) is 4.98 Å². The molecular formula is C14H17ClN4O. The van der Waals surface area contributed by atoms with Crippen molar-refractivity contribution in [2.45, 2.75) is 13.8 Å². The molecule has 20 heavy (non-hydrogen) atoms. The van der Waals surface area contributed by atoms with E-state index in [4.69, 9.17) is 16.3 Å². The highest BCUT2D eigenvalue weighted by Crippen LogP contribution is 2.24. The fourth-order valence-electron chi connectivity index (χ4n) is 1.64. The van der Waals surface area contributed by atoms with Gasteiger partial charge in [0.15, 0.2) is 5.82 Å². The Kier molecular flexibility index (Phi) is 5.01. The molecule has 106 valence electrons. The topological polar surface area (TPSA) is 59.1 Å². The second kappa shape index (κ2) is 6.96. The van der Waals surface area contributed by atoms with E-state index in [-0.39, 0.29) is 0 Å². The zero-order valence-electron chi connectivity index (χ0n) is 11.5. The second-order valence-corrected chi connectivity index (χ2v) is 4.41. The van der Waals surface area contributed by atoms with Gasteiger partial charge in [-0.1, -0.05) is 11.6 Å². The normalized spacial score (nSPS) is 10.2. The summed E-state index contributed by atoms with van der Waals surface area (Å²) in [4.78, 5) is 8.41. The number of aromatic nitrogens is 2. The maximum atomic E-state index is 6.09. The summed E-state index contributed by atoms with van der Waals surface area (Å²) >= 11 is 6.09. The molecule has 6 heteroatoms. The first-order chi connectivity index (χ1) is 9.72. The standard InChI is InChI=1S/C14H17ClN4O/c1-3-16-14-17-9-12(15)13(19-14)18-10-5-7-11(8-6-10)20-4-2/h5-9H,3-4H2,1-2H3,(H2,16,17,18,19). The van der Waals surface area contributed by atoms with Crippen LogP contribution in [0, 0.1) is 0 Å². The van der Waals surface area contributed by atoms with Crippen molar-refractivity contribution in [3.8, 4) is 5.75 Å². The SMILES string of the molecule is CCNc1ncc(Cl)c(Nc2ccc(OCC)cc2)n1. The highest BCUT2D eigenvalue weighted by atomic mass is 35.5. The summed E-state index contributed by atoms with van der Waals surface area (Å²) in [5.41, 5.74) is 0.886. The van der Waals surface area contributed by atoms with Crippen molar-refractivity contribution in [2.24, 2.45) is 0 Å². The lowest BCUT2D eigenvalue weighted by atomic mass is 10.3. The molecule has 0 atom stereocenters. The zero-order chi connectivity index (χ0) is 14.4. The number of hydrogen-bond acceptors (Lipinski definition) is 5. The van der Waals surface area contributed by atoms with E-state index >= 15 is 0 Å². The first-order valence-corrected chi connectivity index (χ1v) is 6.87. The van der Waals surface area contributed by atoms with Crippen molar-refractivity contribution < 1.29 is 4.74 Å². The van der Waals surface area contributed by atoms with Crippen molar-refractivity contribution >= 4 is 29.1 Å². The van der Waals surface area contributed by atoms with Crippen molar-refractivity contribution in [1.82, 2.24) is 9.97 Å². The minimum atomic E-state index is 0.473. The third-order valence-corrected chi connectivity index (χ3v) is 2.78. The van der Waals surface area contributed by atoms with Crippen LogP contribution in [-0.4, -0.2) is 23.1 Å². The molecule has 0 aliphatic heterocycles. The van der Waals surface area contributed by atoms with Gasteiger partial charge in [-0.2, -0.15) is 4.98 Å². The number of benzene rings is 1. The molecular weight excluding hydrogens is 276 g/mol. The van der Waals surface area contributed by atoms with Crippen molar-refractivity contribution in [3.05, 3.63) is 35.5 Å². The highest BCUT2D eigenvalue weighted by molar-refractivity contribution is 6.32. The van der Waals surface area contributed by atoms with E-state index in [1.165, 1.54) is 0 Å². The molecule has 1 aromatic heterocycles. The average molecular weight is 293 g/mol. The Labute approximate surface area is 123 Å². The average Bonchev–Trinajstić information content (AvgIpc) is 2.45.